The van der Waals surface area contributed by atoms with Crippen LogP contribution in [-0.2, 0) is 4.79 Å². The van der Waals surface area contributed by atoms with E-state index < -0.39 is 6.04 Å². The molecule has 9 heteroatoms. The molecule has 1 unspecified atom stereocenters. The van der Waals surface area contributed by atoms with Gasteiger partial charge in [-0.2, -0.15) is 0 Å². The van der Waals surface area contributed by atoms with Gasteiger partial charge in [0, 0.05) is 15.7 Å². The van der Waals surface area contributed by atoms with Gasteiger partial charge in [-0.15, -0.1) is 0 Å². The maximum Gasteiger partial charge on any atom is 0.271 e. The van der Waals surface area contributed by atoms with Crippen LogP contribution in [0.4, 0.5) is 5.69 Å². The lowest BCUT2D eigenvalue weighted by Crippen LogP contribution is -2.40. The summed E-state index contributed by atoms with van der Waals surface area (Å²) in [4.78, 5) is 32.4. The van der Waals surface area contributed by atoms with Gasteiger partial charge in [-0.1, -0.05) is 58.8 Å². The van der Waals surface area contributed by atoms with Crippen molar-refractivity contribution >= 4 is 52.2 Å². The molecule has 4 aromatic rings. The van der Waals surface area contributed by atoms with E-state index in [0.29, 0.717) is 53.4 Å². The van der Waals surface area contributed by atoms with Gasteiger partial charge < -0.3 is 9.73 Å². The van der Waals surface area contributed by atoms with Crippen LogP contribution < -0.4 is 20.2 Å². The minimum atomic E-state index is -0.776. The van der Waals surface area contributed by atoms with Crippen molar-refractivity contribution in [3.8, 4) is 0 Å². The van der Waals surface area contributed by atoms with Crippen molar-refractivity contribution in [1.82, 2.24) is 4.57 Å². The first-order valence-corrected chi connectivity index (χ1v) is 12.7. The highest BCUT2D eigenvalue weighted by molar-refractivity contribution is 7.07. The number of aryl methyl sites for hydroxylation is 2. The number of thiazole rings is 1. The number of fused-ring (bicyclic) bond motifs is 1. The zero-order chi connectivity index (χ0) is 25.6. The van der Waals surface area contributed by atoms with Gasteiger partial charge in [0.15, 0.2) is 4.80 Å². The molecule has 1 amide bonds. The number of anilines is 1. The van der Waals surface area contributed by atoms with Crippen LogP contribution in [0.5, 0.6) is 0 Å². The highest BCUT2D eigenvalue weighted by Crippen LogP contribution is 2.32. The average Bonchev–Trinajstić information content (AvgIpc) is 3.39. The Labute approximate surface area is 220 Å². The Morgan fingerprint density at radius 1 is 1.11 bits per heavy atom. The molecule has 0 radical (unpaired) electrons. The van der Waals surface area contributed by atoms with Crippen molar-refractivity contribution < 1.29 is 9.21 Å². The number of carbonyl (C=O) groups is 1. The van der Waals surface area contributed by atoms with Gasteiger partial charge in [0.1, 0.15) is 17.6 Å². The van der Waals surface area contributed by atoms with E-state index in [1.807, 2.05) is 44.2 Å². The summed E-state index contributed by atoms with van der Waals surface area (Å²) in [5.41, 5.74) is 2.83. The first kappa shape index (κ1) is 24.3. The number of hydrogen-bond donors (Lipinski definition) is 1. The molecule has 1 aliphatic rings. The van der Waals surface area contributed by atoms with Crippen LogP contribution in [0.15, 0.2) is 80.1 Å². The number of carbonyl (C=O) groups excluding carboxylic acids is 1. The lowest BCUT2D eigenvalue weighted by Gasteiger charge is -2.23. The number of para-hydroxylation sites is 1. The summed E-state index contributed by atoms with van der Waals surface area (Å²) in [6.45, 7) is 5.50. The maximum absolute atomic E-state index is 13.7. The topological polar surface area (TPSA) is 76.6 Å². The Morgan fingerprint density at radius 3 is 2.58 bits per heavy atom. The predicted octanol–water partition coefficient (Wildman–Crippen LogP) is 5.39. The van der Waals surface area contributed by atoms with Gasteiger partial charge in [0.25, 0.3) is 11.5 Å². The van der Waals surface area contributed by atoms with E-state index in [1.165, 1.54) is 15.9 Å². The highest BCUT2D eigenvalue weighted by atomic mass is 35.5. The predicted molar refractivity (Wildman–Crippen MR) is 143 cm³/mol. The van der Waals surface area contributed by atoms with Crippen molar-refractivity contribution in [2.45, 2.75) is 26.8 Å². The number of benzene rings is 2. The van der Waals surface area contributed by atoms with Crippen LogP contribution in [0.25, 0.3) is 6.08 Å². The van der Waals surface area contributed by atoms with Gasteiger partial charge in [0.05, 0.1) is 15.8 Å². The molecule has 0 spiro atoms. The van der Waals surface area contributed by atoms with Gasteiger partial charge >= 0.3 is 0 Å². The van der Waals surface area contributed by atoms with Crippen LogP contribution in [-0.4, -0.2) is 10.5 Å². The lowest BCUT2D eigenvalue weighted by molar-refractivity contribution is -0.113. The molecule has 2 aromatic heterocycles. The van der Waals surface area contributed by atoms with Crippen molar-refractivity contribution in [3.63, 3.8) is 0 Å². The molecule has 1 N–H and O–H groups in total. The van der Waals surface area contributed by atoms with E-state index >= 15 is 0 Å². The minimum Gasteiger partial charge on any atom is -0.464 e. The summed E-state index contributed by atoms with van der Waals surface area (Å²) >= 11 is 13.6. The number of halogens is 2. The average molecular weight is 538 g/mol. The largest absolute Gasteiger partial charge is 0.464 e. The molecular formula is C27H21Cl2N3O3S. The summed E-state index contributed by atoms with van der Waals surface area (Å²) in [5, 5.41) is 3.92. The van der Waals surface area contributed by atoms with Crippen LogP contribution in [0.2, 0.25) is 10.0 Å². The SMILES string of the molecule is CC1=C(C(=O)Nc2ccccc2C)C(c2ccc(C)o2)n2c(sc(=Cc3ccc(Cl)cc3Cl)c2=O)=N1. The number of amides is 1. The lowest BCUT2D eigenvalue weighted by atomic mass is 10.00. The van der Waals surface area contributed by atoms with Gasteiger partial charge in [0.2, 0.25) is 0 Å². The Morgan fingerprint density at radius 2 is 1.89 bits per heavy atom. The molecule has 6 nitrogen and oxygen atoms in total. The minimum absolute atomic E-state index is 0.294. The standard InChI is InChI=1S/C27H21Cl2N3O3S/c1-14-6-4-5-7-20(14)31-25(33)23-16(3)30-27-32(24(23)21-11-8-15(2)35-21)26(34)22(36-27)12-17-9-10-18(28)13-19(17)29/h4-13,24H,1-3H3,(H,31,33). The van der Waals surface area contributed by atoms with Crippen molar-refractivity contribution in [2.24, 2.45) is 4.99 Å². The molecule has 0 fully saturated rings. The second kappa shape index (κ2) is 9.58. The van der Waals surface area contributed by atoms with Crippen LogP contribution in [0.3, 0.4) is 0 Å². The quantitative estimate of drug-likeness (QED) is 0.379. The molecule has 0 saturated heterocycles. The summed E-state index contributed by atoms with van der Waals surface area (Å²) in [6.07, 6.45) is 1.71. The summed E-state index contributed by atoms with van der Waals surface area (Å²) < 4.78 is 7.88. The number of hydrogen-bond acceptors (Lipinski definition) is 5. The van der Waals surface area contributed by atoms with Gasteiger partial charge in [-0.25, -0.2) is 4.99 Å². The summed E-state index contributed by atoms with van der Waals surface area (Å²) in [6, 6.07) is 15.4. The monoisotopic (exact) mass is 537 g/mol. The zero-order valence-corrected chi connectivity index (χ0v) is 22.0. The fourth-order valence-corrected chi connectivity index (χ4v) is 5.64. The Balaban J connectivity index is 1.67. The molecule has 1 atom stereocenters. The third-order valence-electron chi connectivity index (χ3n) is 5.94. The smallest absolute Gasteiger partial charge is 0.271 e. The van der Waals surface area contributed by atoms with E-state index in [4.69, 9.17) is 27.6 Å². The normalized spacial score (nSPS) is 15.6. The number of nitrogens with one attached hydrogen (secondary N) is 1. The second-order valence-electron chi connectivity index (χ2n) is 8.47. The molecule has 0 aliphatic carbocycles. The Hall–Kier alpha value is -3.39. The number of aromatic nitrogens is 1. The van der Waals surface area contributed by atoms with Gasteiger partial charge in [-0.3, -0.25) is 14.2 Å². The molecule has 36 heavy (non-hydrogen) atoms. The van der Waals surface area contributed by atoms with Crippen molar-refractivity contribution in [1.29, 1.82) is 0 Å². The molecular weight excluding hydrogens is 517 g/mol. The number of nitrogens with zero attached hydrogens (tertiary/aromatic N) is 2. The number of allylic oxidation sites excluding steroid dienone is 1. The summed E-state index contributed by atoms with van der Waals surface area (Å²) in [7, 11) is 0. The zero-order valence-electron chi connectivity index (χ0n) is 19.6. The van der Waals surface area contributed by atoms with Crippen LogP contribution in [0.1, 0.15) is 35.6 Å². The molecule has 182 valence electrons. The fourth-order valence-electron chi connectivity index (χ4n) is 4.14. The maximum atomic E-state index is 13.7. The molecule has 3 heterocycles. The van der Waals surface area contributed by atoms with Crippen molar-refractivity contribution in [2.75, 3.05) is 5.32 Å². The first-order valence-electron chi connectivity index (χ1n) is 11.1. The van der Waals surface area contributed by atoms with Crippen molar-refractivity contribution in [3.05, 3.63) is 118 Å². The van der Waals surface area contributed by atoms with Gasteiger partial charge in [-0.05, 0) is 68.3 Å². The molecule has 1 aliphatic heterocycles. The van der Waals surface area contributed by atoms with E-state index in [0.717, 1.165) is 5.56 Å². The second-order valence-corrected chi connectivity index (χ2v) is 10.3. The highest BCUT2D eigenvalue weighted by Gasteiger charge is 2.34. The van der Waals surface area contributed by atoms with Crippen LogP contribution in [0, 0.1) is 13.8 Å². The summed E-state index contributed by atoms with van der Waals surface area (Å²) in [5.74, 6) is 0.807. The molecule has 5 rings (SSSR count). The fraction of sp³-hybridized carbons (Fsp3) is 0.148. The van der Waals surface area contributed by atoms with E-state index in [1.54, 1.807) is 37.3 Å². The van der Waals surface area contributed by atoms with E-state index in [2.05, 4.69) is 10.3 Å². The third-order valence-corrected chi connectivity index (χ3v) is 7.48. The molecule has 2 aromatic carbocycles. The van der Waals surface area contributed by atoms with E-state index in [9.17, 15) is 9.59 Å². The Bertz CT molecular complexity index is 1730. The third kappa shape index (κ3) is 4.46. The van der Waals surface area contributed by atoms with Crippen LogP contribution >= 0.6 is 34.5 Å². The molecule has 0 bridgehead atoms. The first-order chi connectivity index (χ1) is 17.2. The number of rotatable bonds is 4. The van der Waals surface area contributed by atoms with E-state index in [-0.39, 0.29) is 11.5 Å². The Kier molecular flexibility index (Phi) is 6.47. The number of furan rings is 1. The molecule has 0 saturated carbocycles.